The third-order valence-corrected chi connectivity index (χ3v) is 2.33. The number of carboxylic acid groups (broad SMARTS) is 1. The van der Waals surface area contributed by atoms with Gasteiger partial charge in [0.25, 0.3) is 5.91 Å². The number of carbonyl (C=O) groups excluding carboxylic acids is 1. The van der Waals surface area contributed by atoms with Crippen LogP contribution in [0.4, 0.5) is 13.2 Å². The fourth-order valence-corrected chi connectivity index (χ4v) is 1.43. The zero-order chi connectivity index (χ0) is 14.8. The number of halogens is 3. The van der Waals surface area contributed by atoms with E-state index in [1.54, 1.807) is 0 Å². The summed E-state index contributed by atoms with van der Waals surface area (Å²) in [5.74, 6) is -1.91. The first-order valence-electron chi connectivity index (χ1n) is 5.15. The van der Waals surface area contributed by atoms with Gasteiger partial charge >= 0.3 is 12.1 Å². The molecule has 0 aliphatic carbocycles. The van der Waals surface area contributed by atoms with Gasteiger partial charge in [0.15, 0.2) is 0 Å². The molecule has 0 fully saturated rings. The van der Waals surface area contributed by atoms with Crippen molar-refractivity contribution in [2.45, 2.75) is 13.1 Å². The molecule has 0 aliphatic rings. The fourth-order valence-electron chi connectivity index (χ4n) is 1.43. The summed E-state index contributed by atoms with van der Waals surface area (Å²) in [6.45, 7) is 0.719. The molecule has 1 amide bonds. The van der Waals surface area contributed by atoms with Crippen LogP contribution in [0.5, 0.6) is 0 Å². The molecular formula is C11H11F3N2O3. The lowest BCUT2D eigenvalue weighted by Gasteiger charge is -2.16. The molecule has 1 heterocycles. The minimum absolute atomic E-state index is 0.0586. The van der Waals surface area contributed by atoms with Crippen LogP contribution in [-0.4, -0.2) is 40.5 Å². The summed E-state index contributed by atoms with van der Waals surface area (Å²) in [5.41, 5.74) is -1.25. The Kier molecular flexibility index (Phi) is 4.13. The molecule has 0 saturated carbocycles. The molecule has 1 aromatic rings. The summed E-state index contributed by atoms with van der Waals surface area (Å²) in [4.78, 5) is 26.5. The van der Waals surface area contributed by atoms with E-state index in [1.165, 1.54) is 14.0 Å². The quantitative estimate of drug-likeness (QED) is 0.909. The number of carbonyl (C=O) groups is 2. The van der Waals surface area contributed by atoms with Crippen LogP contribution in [0.1, 0.15) is 21.7 Å². The molecule has 0 aromatic carbocycles. The van der Waals surface area contributed by atoms with Crippen LogP contribution in [0.25, 0.3) is 0 Å². The van der Waals surface area contributed by atoms with Crippen LogP contribution in [0.3, 0.4) is 0 Å². The zero-order valence-electron chi connectivity index (χ0n) is 10.2. The molecule has 1 rings (SSSR count). The van der Waals surface area contributed by atoms with Crippen molar-refractivity contribution in [1.82, 2.24) is 9.88 Å². The molecule has 0 saturated heterocycles. The van der Waals surface area contributed by atoms with Crippen molar-refractivity contribution in [1.29, 1.82) is 0 Å². The van der Waals surface area contributed by atoms with Gasteiger partial charge in [0.05, 0.1) is 11.3 Å². The van der Waals surface area contributed by atoms with Gasteiger partial charge in [-0.25, -0.2) is 4.98 Å². The predicted octanol–water partition coefficient (Wildman–Crippen LogP) is 1.57. The molecule has 0 bridgehead atoms. The Labute approximate surface area is 106 Å². The second-order valence-electron chi connectivity index (χ2n) is 3.88. The molecule has 8 heteroatoms. The molecule has 0 aliphatic heterocycles. The SMILES string of the molecule is Cc1nc(C(F)(F)F)ccc1C(=O)N(C)CC(=O)O. The number of rotatable bonds is 3. The van der Waals surface area contributed by atoms with Crippen LogP contribution in [0.15, 0.2) is 12.1 Å². The minimum Gasteiger partial charge on any atom is -0.480 e. The summed E-state index contributed by atoms with van der Waals surface area (Å²) in [7, 11) is 1.24. The zero-order valence-corrected chi connectivity index (χ0v) is 10.2. The van der Waals surface area contributed by atoms with Crippen molar-refractivity contribution in [3.8, 4) is 0 Å². The first-order valence-corrected chi connectivity index (χ1v) is 5.15. The molecule has 5 nitrogen and oxygen atoms in total. The van der Waals surface area contributed by atoms with Gasteiger partial charge in [-0.2, -0.15) is 13.2 Å². The molecule has 0 atom stereocenters. The molecule has 104 valence electrons. The summed E-state index contributed by atoms with van der Waals surface area (Å²) in [6.07, 6.45) is -4.58. The maximum absolute atomic E-state index is 12.4. The highest BCUT2D eigenvalue weighted by Crippen LogP contribution is 2.28. The molecule has 1 aromatic heterocycles. The summed E-state index contributed by atoms with van der Waals surface area (Å²) < 4.78 is 37.2. The third-order valence-electron chi connectivity index (χ3n) is 2.33. The molecule has 1 N–H and O–H groups in total. The number of carboxylic acids is 1. The molecule has 0 spiro atoms. The van der Waals surface area contributed by atoms with Crippen LogP contribution in [0.2, 0.25) is 0 Å². The van der Waals surface area contributed by atoms with E-state index in [9.17, 15) is 22.8 Å². The minimum atomic E-state index is -4.58. The Morgan fingerprint density at radius 1 is 1.37 bits per heavy atom. The van der Waals surface area contributed by atoms with Crippen molar-refractivity contribution in [3.63, 3.8) is 0 Å². The number of hydrogen-bond acceptors (Lipinski definition) is 3. The maximum Gasteiger partial charge on any atom is 0.433 e. The van der Waals surface area contributed by atoms with E-state index in [0.717, 1.165) is 11.0 Å². The number of nitrogens with zero attached hydrogens (tertiary/aromatic N) is 2. The Hall–Kier alpha value is -2.12. The summed E-state index contributed by atoms with van der Waals surface area (Å²) in [6, 6.07) is 1.68. The second kappa shape index (κ2) is 5.25. The highest BCUT2D eigenvalue weighted by molar-refractivity contribution is 5.96. The van der Waals surface area contributed by atoms with E-state index in [-0.39, 0.29) is 11.3 Å². The average molecular weight is 276 g/mol. The Bertz CT molecular complexity index is 514. The number of alkyl halides is 3. The van der Waals surface area contributed by atoms with E-state index in [0.29, 0.717) is 6.07 Å². The topological polar surface area (TPSA) is 70.5 Å². The van der Waals surface area contributed by atoms with Gasteiger partial charge in [0.2, 0.25) is 0 Å². The number of aryl methyl sites for hydroxylation is 1. The second-order valence-corrected chi connectivity index (χ2v) is 3.88. The number of likely N-dealkylation sites (N-methyl/N-ethyl adjacent to an activating group) is 1. The largest absolute Gasteiger partial charge is 0.480 e. The number of amides is 1. The number of aliphatic carboxylic acids is 1. The summed E-state index contributed by atoms with van der Waals surface area (Å²) in [5, 5.41) is 8.54. The Morgan fingerprint density at radius 3 is 2.37 bits per heavy atom. The highest BCUT2D eigenvalue weighted by atomic mass is 19.4. The van der Waals surface area contributed by atoms with E-state index >= 15 is 0 Å². The van der Waals surface area contributed by atoms with Crippen LogP contribution in [0, 0.1) is 6.92 Å². The third kappa shape index (κ3) is 3.67. The van der Waals surface area contributed by atoms with E-state index in [2.05, 4.69) is 4.98 Å². The molecule has 0 radical (unpaired) electrons. The van der Waals surface area contributed by atoms with Gasteiger partial charge in [-0.05, 0) is 19.1 Å². The lowest BCUT2D eigenvalue weighted by Crippen LogP contribution is -2.32. The first kappa shape index (κ1) is 14.9. The van der Waals surface area contributed by atoms with Crippen molar-refractivity contribution in [3.05, 3.63) is 29.1 Å². The lowest BCUT2D eigenvalue weighted by molar-refractivity contribution is -0.141. The Balaban J connectivity index is 3.03. The molecule has 0 unspecified atom stereocenters. The lowest BCUT2D eigenvalue weighted by atomic mass is 10.1. The van der Waals surface area contributed by atoms with E-state index < -0.39 is 30.3 Å². The molecule has 19 heavy (non-hydrogen) atoms. The molecular weight excluding hydrogens is 265 g/mol. The van der Waals surface area contributed by atoms with Crippen LogP contribution < -0.4 is 0 Å². The highest BCUT2D eigenvalue weighted by Gasteiger charge is 2.33. The van der Waals surface area contributed by atoms with Crippen molar-refractivity contribution >= 4 is 11.9 Å². The van der Waals surface area contributed by atoms with Gasteiger partial charge in [-0.3, -0.25) is 9.59 Å². The Morgan fingerprint density at radius 2 is 1.95 bits per heavy atom. The maximum atomic E-state index is 12.4. The predicted molar refractivity (Wildman–Crippen MR) is 58.6 cm³/mol. The van der Waals surface area contributed by atoms with Gasteiger partial charge in [0, 0.05) is 7.05 Å². The standard InChI is InChI=1S/C11H11F3N2O3/c1-6-7(10(19)16(2)5-9(17)18)3-4-8(15-6)11(12,13)14/h3-4H,5H2,1-2H3,(H,17,18). The smallest absolute Gasteiger partial charge is 0.433 e. The van der Waals surface area contributed by atoms with Gasteiger partial charge in [0.1, 0.15) is 12.2 Å². The summed E-state index contributed by atoms with van der Waals surface area (Å²) >= 11 is 0. The van der Waals surface area contributed by atoms with Crippen molar-refractivity contribution in [2.75, 3.05) is 13.6 Å². The fraction of sp³-hybridized carbons (Fsp3) is 0.364. The van der Waals surface area contributed by atoms with Gasteiger partial charge < -0.3 is 10.0 Å². The number of aromatic nitrogens is 1. The van der Waals surface area contributed by atoms with E-state index in [1.807, 2.05) is 0 Å². The van der Waals surface area contributed by atoms with Gasteiger partial charge in [-0.1, -0.05) is 0 Å². The van der Waals surface area contributed by atoms with Crippen LogP contribution in [-0.2, 0) is 11.0 Å². The van der Waals surface area contributed by atoms with Crippen molar-refractivity contribution in [2.24, 2.45) is 0 Å². The van der Waals surface area contributed by atoms with Crippen molar-refractivity contribution < 1.29 is 27.9 Å². The number of hydrogen-bond donors (Lipinski definition) is 1. The first-order chi connectivity index (χ1) is 8.62. The average Bonchev–Trinajstić information content (AvgIpc) is 2.25. The van der Waals surface area contributed by atoms with Gasteiger partial charge in [-0.15, -0.1) is 0 Å². The van der Waals surface area contributed by atoms with Crippen LogP contribution >= 0.6 is 0 Å². The van der Waals surface area contributed by atoms with E-state index in [4.69, 9.17) is 5.11 Å². The monoisotopic (exact) mass is 276 g/mol. The normalized spacial score (nSPS) is 11.2. The number of pyridine rings is 1.